The Morgan fingerprint density at radius 2 is 1.04 bits per heavy atom. The molecule has 0 rings (SSSR count). The summed E-state index contributed by atoms with van der Waals surface area (Å²) in [5.41, 5.74) is 5.33. The van der Waals surface area contributed by atoms with Gasteiger partial charge in [0.05, 0.1) is 19.6 Å². The number of allylic oxidation sites excluding steroid dienone is 15. The van der Waals surface area contributed by atoms with E-state index in [0.29, 0.717) is 12.8 Å². The normalized spacial score (nSPS) is 14.4. The first-order valence-corrected chi connectivity index (χ1v) is 21.2. The van der Waals surface area contributed by atoms with Crippen LogP contribution in [0.4, 0.5) is 0 Å². The molecular weight excluding hydrogens is 689 g/mol. The quantitative estimate of drug-likeness (QED) is 0.0280. The van der Waals surface area contributed by atoms with Crippen LogP contribution in [0.1, 0.15) is 129 Å². The maximum Gasteiger partial charge on any atom is 0.472 e. The molecule has 53 heavy (non-hydrogen) atoms. The Kier molecular flexibility index (Phi) is 36.4. The molecule has 0 fully saturated rings. The number of hydrogen-bond donors (Lipinski definition) is 2. The third kappa shape index (κ3) is 38.5. The van der Waals surface area contributed by atoms with Gasteiger partial charge in [0.25, 0.3) is 0 Å². The third-order valence-electron chi connectivity index (χ3n) is 7.50. The maximum atomic E-state index is 12.5. The van der Waals surface area contributed by atoms with Gasteiger partial charge in [-0.1, -0.05) is 143 Å². The van der Waals surface area contributed by atoms with Gasteiger partial charge in [-0.15, -0.1) is 0 Å². The summed E-state index contributed by atoms with van der Waals surface area (Å²) in [6.07, 6.45) is 49.0. The summed E-state index contributed by atoms with van der Waals surface area (Å²) in [5.74, 6) is -1.000. The number of phosphoric acid groups is 1. The van der Waals surface area contributed by atoms with E-state index in [4.69, 9.17) is 24.3 Å². The molecule has 0 saturated carbocycles. The first-order valence-electron chi connectivity index (χ1n) is 19.7. The molecule has 2 atom stereocenters. The number of ether oxygens (including phenoxy) is 2. The molecule has 0 aliphatic heterocycles. The van der Waals surface area contributed by atoms with Crippen LogP contribution in [-0.4, -0.2) is 49.3 Å². The lowest BCUT2D eigenvalue weighted by Gasteiger charge is -2.19. The lowest BCUT2D eigenvalue weighted by molar-refractivity contribution is -0.160. The van der Waals surface area contributed by atoms with Gasteiger partial charge in [0.1, 0.15) is 6.61 Å². The van der Waals surface area contributed by atoms with E-state index in [0.717, 1.165) is 70.6 Å². The Bertz CT molecular complexity index is 1180. The second-order valence-corrected chi connectivity index (χ2v) is 13.9. The molecule has 0 aromatic carbocycles. The van der Waals surface area contributed by atoms with Gasteiger partial charge >= 0.3 is 19.8 Å². The molecule has 0 heterocycles. The monoisotopic (exact) mass is 759 g/mol. The number of carbonyl (C=O) groups excluding carboxylic acids is 2. The molecule has 0 aromatic rings. The number of carbonyl (C=O) groups is 2. The fourth-order valence-electron chi connectivity index (χ4n) is 4.66. The fourth-order valence-corrected chi connectivity index (χ4v) is 5.43. The molecule has 2 unspecified atom stereocenters. The van der Waals surface area contributed by atoms with Crippen molar-refractivity contribution in [1.29, 1.82) is 0 Å². The average molecular weight is 760 g/mol. The maximum absolute atomic E-state index is 12.5. The minimum absolute atomic E-state index is 0.00977. The molecule has 0 amide bonds. The third-order valence-corrected chi connectivity index (χ3v) is 8.48. The minimum atomic E-state index is -4.41. The van der Waals surface area contributed by atoms with Crippen molar-refractivity contribution in [1.82, 2.24) is 0 Å². The van der Waals surface area contributed by atoms with Crippen LogP contribution < -0.4 is 5.73 Å². The highest BCUT2D eigenvalue weighted by molar-refractivity contribution is 7.47. The minimum Gasteiger partial charge on any atom is -0.462 e. The zero-order valence-corrected chi connectivity index (χ0v) is 33.6. The predicted octanol–water partition coefficient (Wildman–Crippen LogP) is 11.0. The number of nitrogens with two attached hydrogens (primary N) is 1. The summed E-state index contributed by atoms with van der Waals surface area (Å²) in [4.78, 5) is 34.7. The van der Waals surface area contributed by atoms with Crippen molar-refractivity contribution in [3.63, 3.8) is 0 Å². The molecule has 10 heteroatoms. The molecule has 9 nitrogen and oxygen atoms in total. The molecule has 0 bridgehead atoms. The van der Waals surface area contributed by atoms with Gasteiger partial charge < -0.3 is 20.1 Å². The van der Waals surface area contributed by atoms with Crippen molar-refractivity contribution in [3.05, 3.63) is 97.2 Å². The van der Waals surface area contributed by atoms with Gasteiger partial charge in [0, 0.05) is 13.0 Å². The summed E-state index contributed by atoms with van der Waals surface area (Å²) in [5, 5.41) is 0. The first-order chi connectivity index (χ1) is 25.8. The van der Waals surface area contributed by atoms with Crippen molar-refractivity contribution in [3.8, 4) is 0 Å². The summed E-state index contributed by atoms with van der Waals surface area (Å²) < 4.78 is 32.5. The topological polar surface area (TPSA) is 134 Å². The van der Waals surface area contributed by atoms with E-state index in [2.05, 4.69) is 92.8 Å². The lowest BCUT2D eigenvalue weighted by Crippen LogP contribution is -2.29. The van der Waals surface area contributed by atoms with Crippen LogP contribution in [0.5, 0.6) is 0 Å². The van der Waals surface area contributed by atoms with Crippen LogP contribution in [0.25, 0.3) is 0 Å². The predicted molar refractivity (Wildman–Crippen MR) is 219 cm³/mol. The van der Waals surface area contributed by atoms with Gasteiger partial charge in [0.15, 0.2) is 6.10 Å². The van der Waals surface area contributed by atoms with Gasteiger partial charge in [0.2, 0.25) is 0 Å². The summed E-state index contributed by atoms with van der Waals surface area (Å²) in [7, 11) is -4.41. The van der Waals surface area contributed by atoms with Gasteiger partial charge in [-0.25, -0.2) is 4.57 Å². The Morgan fingerprint density at radius 1 is 0.585 bits per heavy atom. The number of rotatable bonds is 35. The molecule has 0 spiro atoms. The van der Waals surface area contributed by atoms with Gasteiger partial charge in [-0.05, 0) is 70.6 Å². The molecule has 0 aliphatic carbocycles. The van der Waals surface area contributed by atoms with Crippen molar-refractivity contribution >= 4 is 19.8 Å². The summed E-state index contributed by atoms with van der Waals surface area (Å²) in [6.45, 7) is 3.34. The first kappa shape index (κ1) is 49.9. The fraction of sp³-hybridized carbons (Fsp3) is 0.581. The average Bonchev–Trinajstić information content (AvgIpc) is 3.14. The highest BCUT2D eigenvalue weighted by Gasteiger charge is 2.25. The number of unbranched alkanes of at least 4 members (excludes halogenated alkanes) is 7. The zero-order chi connectivity index (χ0) is 38.9. The zero-order valence-electron chi connectivity index (χ0n) is 32.7. The van der Waals surface area contributed by atoms with Crippen LogP contribution in [0, 0.1) is 0 Å². The standard InChI is InChI=1S/C43H70NO8P/c1-3-5-7-9-11-13-15-17-19-20-22-23-25-27-29-31-33-35-42(45)49-39-41(40-51-53(47,48)50-38-37-44)52-43(46)36-34-32-30-28-26-24-21-18-16-14-12-10-8-6-4-2/h5-8,11-14,17-19,21,26,28,32,34,41H,3-4,9-10,15-16,20,22-25,27,29-31,33,35-40,44H2,1-2H3,(H,47,48)/b7-5-,8-6-,13-11-,14-12-,19-17-,21-18-,28-26-,34-32-. The Morgan fingerprint density at radius 3 is 1.55 bits per heavy atom. The van der Waals surface area contributed by atoms with Crippen LogP contribution in [0.3, 0.4) is 0 Å². The van der Waals surface area contributed by atoms with E-state index >= 15 is 0 Å². The Hall–Kier alpha value is -3.07. The van der Waals surface area contributed by atoms with Crippen molar-refractivity contribution in [2.75, 3.05) is 26.4 Å². The van der Waals surface area contributed by atoms with E-state index in [1.54, 1.807) is 6.08 Å². The van der Waals surface area contributed by atoms with Gasteiger partial charge in [-0.2, -0.15) is 0 Å². The Balaban J connectivity index is 4.36. The van der Waals surface area contributed by atoms with Crippen LogP contribution in [-0.2, 0) is 32.7 Å². The smallest absolute Gasteiger partial charge is 0.462 e. The summed E-state index contributed by atoms with van der Waals surface area (Å²) in [6, 6.07) is 0. The molecule has 3 N–H and O–H groups in total. The van der Waals surface area contributed by atoms with E-state index in [1.165, 1.54) is 19.3 Å². The second-order valence-electron chi connectivity index (χ2n) is 12.4. The second kappa shape index (κ2) is 38.6. The Labute approximate surface area is 321 Å². The highest BCUT2D eigenvalue weighted by Crippen LogP contribution is 2.43. The molecule has 0 aromatic heterocycles. The molecule has 0 saturated heterocycles. The van der Waals surface area contributed by atoms with Crippen molar-refractivity contribution in [2.24, 2.45) is 5.73 Å². The van der Waals surface area contributed by atoms with Crippen LogP contribution >= 0.6 is 7.82 Å². The highest BCUT2D eigenvalue weighted by atomic mass is 31.2. The summed E-state index contributed by atoms with van der Waals surface area (Å²) >= 11 is 0. The van der Waals surface area contributed by atoms with E-state index < -0.39 is 32.5 Å². The molecule has 0 radical (unpaired) electrons. The molecule has 300 valence electrons. The number of hydrogen-bond acceptors (Lipinski definition) is 8. The van der Waals surface area contributed by atoms with Crippen molar-refractivity contribution in [2.45, 2.75) is 136 Å². The van der Waals surface area contributed by atoms with Crippen LogP contribution in [0.15, 0.2) is 97.2 Å². The van der Waals surface area contributed by atoms with E-state index in [-0.39, 0.29) is 32.6 Å². The van der Waals surface area contributed by atoms with E-state index in [9.17, 15) is 19.0 Å². The number of phosphoric ester groups is 1. The van der Waals surface area contributed by atoms with Crippen LogP contribution in [0.2, 0.25) is 0 Å². The largest absolute Gasteiger partial charge is 0.472 e. The van der Waals surface area contributed by atoms with E-state index in [1.807, 2.05) is 12.2 Å². The SMILES string of the molecule is CC/C=C\C/C=C\C/C=C\C/C=C\C/C=C\CC(=O)OC(COC(=O)CCCCCCCCC/C=C\C/C=C\C/C=C\CC)COP(=O)(O)OCCN. The number of esters is 2. The van der Waals surface area contributed by atoms with Crippen molar-refractivity contribution < 1.29 is 37.6 Å². The lowest BCUT2D eigenvalue weighted by atomic mass is 10.1. The molecule has 0 aliphatic rings. The van der Waals surface area contributed by atoms with Gasteiger partial charge in [-0.3, -0.25) is 18.6 Å². The molecular formula is C43H70NO8P.